The van der Waals surface area contributed by atoms with Crippen LogP contribution in [0.4, 0.5) is 65.7 Å². The van der Waals surface area contributed by atoms with Gasteiger partial charge in [0.05, 0.1) is 85.1 Å². The average Bonchev–Trinajstić information content (AvgIpc) is 1.27. The van der Waals surface area contributed by atoms with E-state index in [9.17, 15) is 36.0 Å². The third kappa shape index (κ3) is 29.9. The van der Waals surface area contributed by atoms with Gasteiger partial charge in [0.1, 0.15) is 0 Å². The molecular formula is C94H114B2Cl4N24O16S2. The fourth-order valence-electron chi connectivity index (χ4n) is 14.6. The molecule has 40 nitrogen and oxygen atoms in total. The Kier molecular flexibility index (Phi) is 34.3. The van der Waals surface area contributed by atoms with Crippen LogP contribution in [0, 0.1) is 0 Å². The van der Waals surface area contributed by atoms with Crippen LogP contribution in [0.25, 0.3) is 45.6 Å². The number of benzene rings is 6. The molecule has 10 fully saturated rings. The lowest BCUT2D eigenvalue weighted by atomic mass is 9.79. The first kappa shape index (κ1) is 105. The molecule has 0 radical (unpaired) electrons. The molecule has 0 unspecified atom stereocenters. The molecular weight excluding hydrogens is 1950 g/mol. The van der Waals surface area contributed by atoms with Crippen LogP contribution in [0.1, 0.15) is 107 Å². The molecule has 752 valence electrons. The number of rotatable bonds is 20. The summed E-state index contributed by atoms with van der Waals surface area (Å²) in [6.45, 7) is 26.5. The molecule has 6 aromatic carbocycles. The van der Waals surface area contributed by atoms with Crippen molar-refractivity contribution in [2.45, 2.75) is 163 Å². The minimum atomic E-state index is -3.50. The normalized spacial score (nSPS) is 18.3. The molecule has 4 saturated carbocycles. The van der Waals surface area contributed by atoms with Gasteiger partial charge in [0, 0.05) is 140 Å². The molecule has 6 aliphatic heterocycles. The van der Waals surface area contributed by atoms with Crippen LogP contribution in [-0.4, -0.2) is 279 Å². The number of carbonyl (C=O) groups excluding carboxylic acids is 4. The minimum absolute atomic E-state index is 0.117. The number of amides is 8. The summed E-state index contributed by atoms with van der Waals surface area (Å²) in [5.74, 6) is 3.77. The molecule has 10 aliphatic rings. The number of ether oxygens (including phenoxy) is 4. The zero-order chi connectivity index (χ0) is 101. The number of nitrogens with zero attached hydrogens (tertiary/aromatic N) is 16. The number of aromatic nitrogens is 12. The third-order valence-corrected chi connectivity index (χ3v) is 27.5. The molecule has 20 rings (SSSR count). The van der Waals surface area contributed by atoms with E-state index in [1.165, 1.54) is 12.5 Å². The number of morpholine rings is 4. The second kappa shape index (κ2) is 46.5. The number of anilines is 8. The van der Waals surface area contributed by atoms with E-state index in [0.29, 0.717) is 159 Å². The van der Waals surface area contributed by atoms with Gasteiger partial charge in [-0.3, -0.25) is 0 Å². The van der Waals surface area contributed by atoms with Gasteiger partial charge in [-0.15, -0.1) is 0 Å². The van der Waals surface area contributed by atoms with Crippen molar-refractivity contribution in [2.75, 3.05) is 159 Å². The summed E-state index contributed by atoms with van der Waals surface area (Å²) < 4.78 is 93.7. The molecule has 4 aromatic heterocycles. The van der Waals surface area contributed by atoms with Gasteiger partial charge in [0.25, 0.3) is 0 Å². The molecule has 6 saturated heterocycles. The van der Waals surface area contributed by atoms with E-state index in [1.54, 1.807) is 60.7 Å². The van der Waals surface area contributed by atoms with Gasteiger partial charge in [-0.1, -0.05) is 42.5 Å². The van der Waals surface area contributed by atoms with Crippen molar-refractivity contribution in [1.29, 1.82) is 0 Å². The highest BCUT2D eigenvalue weighted by atomic mass is 35.5. The maximum atomic E-state index is 12.4. The molecule has 10 aromatic rings. The van der Waals surface area contributed by atoms with Crippen molar-refractivity contribution in [2.24, 2.45) is 0 Å². The van der Waals surface area contributed by atoms with Crippen LogP contribution in [0.2, 0.25) is 21.1 Å². The van der Waals surface area contributed by atoms with Crippen molar-refractivity contribution < 1.29 is 73.6 Å². The van der Waals surface area contributed by atoms with Gasteiger partial charge in [-0.25, -0.2) is 41.0 Å². The Balaban J connectivity index is 0.000000131. The predicted octanol–water partition coefficient (Wildman–Crippen LogP) is 12.0. The number of urea groups is 4. The van der Waals surface area contributed by atoms with E-state index in [-0.39, 0.29) is 85.2 Å². The molecule has 48 heteroatoms. The number of sulfone groups is 2. The summed E-state index contributed by atoms with van der Waals surface area (Å²) in [4.78, 5) is 107. The number of hydrogen-bond acceptors (Lipinski definition) is 32. The maximum absolute atomic E-state index is 12.4. The number of hydrogen-bond donors (Lipinski definition) is 8. The predicted molar refractivity (Wildman–Crippen MR) is 544 cm³/mol. The van der Waals surface area contributed by atoms with Gasteiger partial charge < -0.3 is 99.7 Å². The molecule has 142 heavy (non-hydrogen) atoms. The van der Waals surface area contributed by atoms with E-state index in [1.807, 2.05) is 160 Å². The van der Waals surface area contributed by atoms with E-state index in [4.69, 9.17) is 84.0 Å². The summed E-state index contributed by atoms with van der Waals surface area (Å²) in [5, 5.41) is 23.4. The quantitative estimate of drug-likeness (QED) is 0.0329. The Morgan fingerprint density at radius 2 is 0.577 bits per heavy atom. The van der Waals surface area contributed by atoms with Gasteiger partial charge in [0.2, 0.25) is 44.9 Å². The summed E-state index contributed by atoms with van der Waals surface area (Å²) >= 11 is 23.5. The van der Waals surface area contributed by atoms with Crippen molar-refractivity contribution >= 4 is 162 Å². The third-order valence-electron chi connectivity index (χ3n) is 24.5. The molecule has 0 bridgehead atoms. The second-order valence-electron chi connectivity index (χ2n) is 36.9. The monoisotopic (exact) mass is 2060 g/mol. The smallest absolute Gasteiger partial charge is 0.399 e. The van der Waals surface area contributed by atoms with E-state index in [2.05, 4.69) is 102 Å². The fraction of sp³-hybridized carbons (Fsp3) is 0.447. The number of nitrogens with one attached hydrogen (secondary N) is 8. The summed E-state index contributed by atoms with van der Waals surface area (Å²) in [6, 6.07) is 43.4. The Bertz CT molecular complexity index is 6130. The highest BCUT2D eigenvalue weighted by molar-refractivity contribution is 7.91. The maximum Gasteiger partial charge on any atom is 0.496 e. The van der Waals surface area contributed by atoms with Crippen LogP contribution in [-0.2, 0) is 57.2 Å². The van der Waals surface area contributed by atoms with Gasteiger partial charge in [-0.05, 0) is 262 Å². The highest BCUT2D eigenvalue weighted by Crippen LogP contribution is 2.40. The average molecular weight is 2060 g/mol. The molecule has 0 atom stereocenters. The molecule has 10 heterocycles. The lowest BCUT2D eigenvalue weighted by molar-refractivity contribution is 0.00578. The Morgan fingerprint density at radius 3 is 0.894 bits per heavy atom. The van der Waals surface area contributed by atoms with Crippen LogP contribution < -0.4 is 73.1 Å². The summed E-state index contributed by atoms with van der Waals surface area (Å²) in [5.41, 5.74) is 5.42. The minimum Gasteiger partial charge on any atom is -0.399 e. The highest BCUT2D eigenvalue weighted by Gasteiger charge is 2.54. The van der Waals surface area contributed by atoms with Crippen molar-refractivity contribution in [1.82, 2.24) is 81.1 Å². The van der Waals surface area contributed by atoms with Crippen LogP contribution in [0.5, 0.6) is 0 Å². The van der Waals surface area contributed by atoms with Crippen LogP contribution in [0.15, 0.2) is 155 Å². The first-order chi connectivity index (χ1) is 67.8. The molecule has 4 aliphatic carbocycles. The zero-order valence-electron chi connectivity index (χ0n) is 80.3. The fourth-order valence-corrected chi connectivity index (χ4v) is 17.0. The zero-order valence-corrected chi connectivity index (χ0v) is 85.0. The Morgan fingerprint density at radius 1 is 0.317 bits per heavy atom. The molecule has 8 amide bonds. The van der Waals surface area contributed by atoms with Gasteiger partial charge >= 0.3 is 38.4 Å². The van der Waals surface area contributed by atoms with Crippen molar-refractivity contribution in [3.63, 3.8) is 0 Å². The second-order valence-corrected chi connectivity index (χ2v) is 42.2. The van der Waals surface area contributed by atoms with E-state index in [0.717, 1.165) is 113 Å². The Labute approximate surface area is 845 Å². The summed E-state index contributed by atoms with van der Waals surface area (Å²) in [6.07, 6.45) is 10.8. The van der Waals surface area contributed by atoms with Gasteiger partial charge in [0.15, 0.2) is 43.0 Å². The first-order valence-corrected chi connectivity index (χ1v) is 52.1. The lowest BCUT2D eigenvalue weighted by Crippen LogP contribution is -2.41. The number of carbonyl (C=O) groups is 4. The Hall–Kier alpha value is -11.5. The van der Waals surface area contributed by atoms with Crippen LogP contribution in [0.3, 0.4) is 0 Å². The standard InChI is InChI=1S/C24H26N6O4S.2C17H19ClN6O2.C16H23BN2O3.C13H19BO4S.C7H8Cl2N4O/c1-35(32,33)20-5-3-2-4-19(20)22-27-21(28-23(29-22)30-12-14-34-15-13-30)16-6-8-17(9-7-16)25-24(31)26-18-10-11-18;2*18-15-21-14(22-16(23-15)24-7-9-26-10-8-24)11-1-3-12(4-2-11)19-17(25)20-13-5-6-13;1-15(2)16(3,4)22-17(21-15)11-5-7-12(8-6-11)18-14(20)19-13-9-10-13;1-12(2)13(3,4)18-14(17-12)10-8-6-7-9-11(10)19(5,15)16;8-5-10-6(9)12-7(11-5)13-1-3-14-4-2-13/h2-9,18H,10-15H2,1H3,(H2,25,26,31);2*1-4,13H,5-10H2,(H2,19,20,25);5-8,13H,9-10H2,1-4H3,(H2,18,19,20);6-9H,1-5H3;1-4H2. The lowest BCUT2D eigenvalue weighted by Gasteiger charge is -2.32. The van der Waals surface area contributed by atoms with Crippen molar-refractivity contribution in [3.8, 4) is 45.6 Å². The number of halogens is 4. The van der Waals surface area contributed by atoms with E-state index >= 15 is 0 Å². The first-order valence-electron chi connectivity index (χ1n) is 46.8. The van der Waals surface area contributed by atoms with Crippen LogP contribution >= 0.6 is 46.4 Å². The topological polar surface area (TPSA) is 474 Å². The molecule has 0 spiro atoms. The SMILES string of the molecule is CC1(C)OB(c2ccc(NC(=O)NC3CC3)cc2)OC1(C)C.CC1(C)OB(c2ccccc2S(C)(=O)=O)OC1(C)C.CS(=O)(=O)c1ccccc1-c1nc(-c2ccc(NC(=O)NC3CC3)cc2)nc(N2CCOCC2)n1.Clc1nc(Cl)nc(N2CCOCC2)n1.O=C(Nc1ccc(-c2nc(Cl)nc(N3CCOCC3)n2)cc1)NC1CC1.O=C(Nc1ccc(-c2nc(Cl)nc(N3CCOCC3)n2)cc1)NC1CC1. The molecule has 8 N–H and O–H groups in total. The van der Waals surface area contributed by atoms with Crippen molar-refractivity contribution in [3.05, 3.63) is 167 Å². The largest absolute Gasteiger partial charge is 0.496 e. The van der Waals surface area contributed by atoms with E-state index < -0.39 is 38.0 Å². The van der Waals surface area contributed by atoms with Gasteiger partial charge in [-0.2, -0.15) is 54.8 Å². The summed E-state index contributed by atoms with van der Waals surface area (Å²) in [7, 11) is -7.84.